The molecule has 126 valence electrons. The minimum absolute atomic E-state index is 0.0212. The van der Waals surface area contributed by atoms with E-state index in [2.05, 4.69) is 4.74 Å². The summed E-state index contributed by atoms with van der Waals surface area (Å²) in [5, 5.41) is 10.6. The normalized spacial score (nSPS) is 31.1. The van der Waals surface area contributed by atoms with E-state index in [1.165, 1.54) is 4.90 Å². The molecular formula is C13H19F3N2O4. The van der Waals surface area contributed by atoms with Crippen molar-refractivity contribution in [3.05, 3.63) is 0 Å². The molecule has 0 radical (unpaired) electrons. The van der Waals surface area contributed by atoms with E-state index < -0.39 is 29.8 Å². The molecule has 0 spiro atoms. The Kier molecular flexibility index (Phi) is 4.40. The highest BCUT2D eigenvalue weighted by molar-refractivity contribution is 5.80. The molecule has 22 heavy (non-hydrogen) atoms. The van der Waals surface area contributed by atoms with Crippen molar-refractivity contribution in [2.45, 2.75) is 37.7 Å². The van der Waals surface area contributed by atoms with Crippen LogP contribution in [0.1, 0.15) is 19.8 Å². The first kappa shape index (κ1) is 17.0. The third-order valence-electron chi connectivity index (χ3n) is 4.48. The Morgan fingerprint density at radius 2 is 2.18 bits per heavy atom. The largest absolute Gasteiger partial charge is 0.468 e. The fraction of sp³-hybridized carbons (Fsp3) is 0.846. The van der Waals surface area contributed by atoms with E-state index in [4.69, 9.17) is 0 Å². The number of alkyl halides is 3. The summed E-state index contributed by atoms with van der Waals surface area (Å²) < 4.78 is 43.6. The topological polar surface area (TPSA) is 70.1 Å². The minimum atomic E-state index is -4.77. The molecule has 2 aliphatic heterocycles. The van der Waals surface area contributed by atoms with E-state index in [1.807, 2.05) is 0 Å². The number of methoxy groups -OCH3 is 1. The van der Waals surface area contributed by atoms with Gasteiger partial charge in [0.2, 0.25) is 11.9 Å². The van der Waals surface area contributed by atoms with Crippen LogP contribution in [0.3, 0.4) is 0 Å². The highest BCUT2D eigenvalue weighted by Crippen LogP contribution is 2.41. The van der Waals surface area contributed by atoms with Crippen LogP contribution in [0.15, 0.2) is 0 Å². The first-order chi connectivity index (χ1) is 10.1. The number of carbonyl (C=O) groups excluding carboxylic acids is 2. The van der Waals surface area contributed by atoms with Crippen LogP contribution in [-0.4, -0.2) is 71.5 Å². The fourth-order valence-electron chi connectivity index (χ4n) is 3.44. The van der Waals surface area contributed by atoms with Crippen LogP contribution in [0.4, 0.5) is 13.2 Å². The average molecular weight is 324 g/mol. The fourth-order valence-corrected chi connectivity index (χ4v) is 3.44. The maximum Gasteiger partial charge on any atom is 0.414 e. The van der Waals surface area contributed by atoms with Crippen molar-refractivity contribution in [3.63, 3.8) is 0 Å². The monoisotopic (exact) mass is 324 g/mol. The molecular weight excluding hydrogens is 305 g/mol. The second kappa shape index (κ2) is 5.69. The van der Waals surface area contributed by atoms with Gasteiger partial charge in [-0.3, -0.25) is 9.69 Å². The number of carbonyl (C=O) groups is 2. The molecule has 0 aromatic heterocycles. The van der Waals surface area contributed by atoms with Crippen molar-refractivity contribution in [3.8, 4) is 0 Å². The molecule has 2 heterocycles. The Morgan fingerprint density at radius 1 is 1.55 bits per heavy atom. The lowest BCUT2D eigenvalue weighted by Crippen LogP contribution is -2.62. The molecule has 9 heteroatoms. The minimum Gasteiger partial charge on any atom is -0.468 e. The van der Waals surface area contributed by atoms with Crippen LogP contribution in [0.5, 0.6) is 0 Å². The Labute approximate surface area is 125 Å². The highest BCUT2D eigenvalue weighted by Gasteiger charge is 2.58. The second-order valence-electron chi connectivity index (χ2n) is 5.63. The lowest BCUT2D eigenvalue weighted by molar-refractivity contribution is -0.217. The molecule has 0 aromatic carbocycles. The SMILES string of the molecule is CCN1C(=O)C[C@@H]2CN([C@@H](C(=O)OC)C(F)(F)F)CC[C@@]21O. The zero-order valence-electron chi connectivity index (χ0n) is 12.4. The molecule has 0 unspecified atom stereocenters. The van der Waals surface area contributed by atoms with E-state index in [9.17, 15) is 27.9 Å². The Balaban J connectivity index is 2.21. The third-order valence-corrected chi connectivity index (χ3v) is 4.48. The van der Waals surface area contributed by atoms with Crippen LogP contribution in [0.25, 0.3) is 0 Å². The standard InChI is InChI=1S/C13H19F3N2O4/c1-3-18-9(19)6-8-7-17(5-4-12(8,18)21)10(11(20)22-2)13(14,15)16/h8,10,21H,3-7H2,1-2H3/t8-,10+,12-/m1/s1. The van der Waals surface area contributed by atoms with Crippen molar-refractivity contribution in [1.29, 1.82) is 0 Å². The predicted molar refractivity (Wildman–Crippen MR) is 68.5 cm³/mol. The summed E-state index contributed by atoms with van der Waals surface area (Å²) in [4.78, 5) is 25.6. The van der Waals surface area contributed by atoms with Crippen molar-refractivity contribution in [2.24, 2.45) is 5.92 Å². The van der Waals surface area contributed by atoms with Crippen LogP contribution < -0.4 is 0 Å². The van der Waals surface area contributed by atoms with Gasteiger partial charge in [-0.2, -0.15) is 13.2 Å². The molecule has 2 fully saturated rings. The van der Waals surface area contributed by atoms with Crippen LogP contribution >= 0.6 is 0 Å². The van der Waals surface area contributed by atoms with Crippen LogP contribution in [0, 0.1) is 5.92 Å². The van der Waals surface area contributed by atoms with E-state index in [0.717, 1.165) is 12.0 Å². The molecule has 3 atom stereocenters. The van der Waals surface area contributed by atoms with E-state index in [1.54, 1.807) is 6.92 Å². The lowest BCUT2D eigenvalue weighted by Gasteiger charge is -2.45. The van der Waals surface area contributed by atoms with Crippen molar-refractivity contribution in [2.75, 3.05) is 26.7 Å². The molecule has 0 bridgehead atoms. The average Bonchev–Trinajstić information content (AvgIpc) is 2.66. The van der Waals surface area contributed by atoms with Crippen molar-refractivity contribution >= 4 is 11.9 Å². The quantitative estimate of drug-likeness (QED) is 0.759. The molecule has 2 saturated heterocycles. The van der Waals surface area contributed by atoms with E-state index in [-0.39, 0.29) is 31.8 Å². The molecule has 1 N–H and O–H groups in total. The van der Waals surface area contributed by atoms with Crippen molar-refractivity contribution < 1.29 is 32.6 Å². The van der Waals surface area contributed by atoms with Gasteiger partial charge in [-0.05, 0) is 6.92 Å². The summed E-state index contributed by atoms with van der Waals surface area (Å²) in [5.74, 6) is -2.31. The Hall–Kier alpha value is -1.35. The van der Waals surface area contributed by atoms with Gasteiger partial charge < -0.3 is 14.7 Å². The van der Waals surface area contributed by atoms with Gasteiger partial charge in [-0.25, -0.2) is 4.79 Å². The van der Waals surface area contributed by atoms with Crippen LogP contribution in [-0.2, 0) is 14.3 Å². The number of fused-ring (bicyclic) bond motifs is 1. The van der Waals surface area contributed by atoms with Crippen molar-refractivity contribution in [1.82, 2.24) is 9.80 Å². The number of esters is 1. The Morgan fingerprint density at radius 3 is 2.68 bits per heavy atom. The molecule has 2 aliphatic rings. The number of hydrogen-bond donors (Lipinski definition) is 1. The van der Waals surface area contributed by atoms with Gasteiger partial charge in [0.1, 0.15) is 5.72 Å². The first-order valence-corrected chi connectivity index (χ1v) is 7.06. The number of likely N-dealkylation sites (tertiary alicyclic amines) is 2. The molecule has 6 nitrogen and oxygen atoms in total. The summed E-state index contributed by atoms with van der Waals surface area (Å²) >= 11 is 0. The van der Waals surface area contributed by atoms with Gasteiger partial charge in [0.05, 0.1) is 7.11 Å². The first-order valence-electron chi connectivity index (χ1n) is 7.06. The van der Waals surface area contributed by atoms with Gasteiger partial charge in [0.15, 0.2) is 0 Å². The summed E-state index contributed by atoms with van der Waals surface area (Å²) in [6.45, 7) is 1.68. The summed E-state index contributed by atoms with van der Waals surface area (Å²) in [7, 11) is 0.902. The number of piperidine rings is 1. The molecule has 0 saturated carbocycles. The number of aliphatic hydroxyl groups is 1. The number of hydrogen-bond acceptors (Lipinski definition) is 5. The number of nitrogens with zero attached hydrogens (tertiary/aromatic N) is 2. The van der Waals surface area contributed by atoms with Crippen LogP contribution in [0.2, 0.25) is 0 Å². The second-order valence-corrected chi connectivity index (χ2v) is 5.63. The maximum atomic E-state index is 13.1. The zero-order valence-corrected chi connectivity index (χ0v) is 12.4. The molecule has 0 aromatic rings. The van der Waals surface area contributed by atoms with Gasteiger partial charge in [-0.1, -0.05) is 0 Å². The Bertz CT molecular complexity index is 471. The predicted octanol–water partition coefficient (Wildman–Crippen LogP) is 0.353. The van der Waals surface area contributed by atoms with Gasteiger partial charge >= 0.3 is 12.1 Å². The maximum absolute atomic E-state index is 13.1. The summed E-state index contributed by atoms with van der Waals surface area (Å²) in [5.41, 5.74) is -1.42. The summed E-state index contributed by atoms with van der Waals surface area (Å²) in [6.07, 6.45) is -4.82. The molecule has 2 rings (SSSR count). The number of halogens is 3. The van der Waals surface area contributed by atoms with E-state index in [0.29, 0.717) is 6.54 Å². The van der Waals surface area contributed by atoms with Gasteiger partial charge in [0.25, 0.3) is 0 Å². The highest BCUT2D eigenvalue weighted by atomic mass is 19.4. The molecule has 1 amide bonds. The number of ether oxygens (including phenoxy) is 1. The smallest absolute Gasteiger partial charge is 0.414 e. The lowest BCUT2D eigenvalue weighted by atomic mass is 9.88. The van der Waals surface area contributed by atoms with E-state index >= 15 is 0 Å². The number of amides is 1. The number of rotatable bonds is 3. The zero-order chi connectivity index (χ0) is 16.7. The van der Waals surface area contributed by atoms with Gasteiger partial charge in [0, 0.05) is 38.4 Å². The van der Waals surface area contributed by atoms with Gasteiger partial charge in [-0.15, -0.1) is 0 Å². The third kappa shape index (κ3) is 2.67. The summed E-state index contributed by atoms with van der Waals surface area (Å²) in [6, 6.07) is -2.37. The molecule has 0 aliphatic carbocycles.